The van der Waals surface area contributed by atoms with E-state index < -0.39 is 21.1 Å². The molecule has 0 aliphatic rings. The molecule has 2 N–H and O–H groups in total. The SMILES string of the molecule is CCCCCCC(O)COc1ccc(C(=O)c2ccccc2)cc1S(=O)(=O)O. The van der Waals surface area contributed by atoms with Gasteiger partial charge in [0.25, 0.3) is 10.1 Å². The Bertz CT molecular complexity index is 877. The van der Waals surface area contributed by atoms with Gasteiger partial charge in [-0.1, -0.05) is 62.9 Å². The predicted molar refractivity (Wildman–Crippen MR) is 106 cm³/mol. The first-order chi connectivity index (χ1) is 13.3. The normalized spacial score (nSPS) is 12.5. The van der Waals surface area contributed by atoms with Gasteiger partial charge in [0.2, 0.25) is 0 Å². The summed E-state index contributed by atoms with van der Waals surface area (Å²) >= 11 is 0. The smallest absolute Gasteiger partial charge is 0.298 e. The number of ether oxygens (including phenoxy) is 1. The molecule has 1 atom stereocenters. The summed E-state index contributed by atoms with van der Waals surface area (Å²) in [6.07, 6.45) is 3.87. The van der Waals surface area contributed by atoms with E-state index in [9.17, 15) is 22.9 Å². The van der Waals surface area contributed by atoms with Crippen LogP contribution in [0.15, 0.2) is 53.4 Å². The van der Waals surface area contributed by atoms with E-state index in [0.29, 0.717) is 12.0 Å². The van der Waals surface area contributed by atoms with Gasteiger partial charge in [-0.25, -0.2) is 0 Å². The first-order valence-electron chi connectivity index (χ1n) is 9.35. The summed E-state index contributed by atoms with van der Waals surface area (Å²) in [6.45, 7) is 2.00. The van der Waals surface area contributed by atoms with E-state index in [-0.39, 0.29) is 23.7 Å². The van der Waals surface area contributed by atoms with Crippen molar-refractivity contribution in [3.8, 4) is 5.75 Å². The Labute approximate surface area is 165 Å². The van der Waals surface area contributed by atoms with Crippen LogP contribution in [-0.4, -0.2) is 36.6 Å². The number of carbonyl (C=O) groups excluding carboxylic acids is 1. The van der Waals surface area contributed by atoms with Crippen molar-refractivity contribution >= 4 is 15.9 Å². The Balaban J connectivity index is 2.14. The third kappa shape index (κ3) is 6.44. The Morgan fingerprint density at radius 3 is 2.39 bits per heavy atom. The lowest BCUT2D eigenvalue weighted by atomic mass is 10.0. The number of unbranched alkanes of at least 4 members (excludes halogenated alkanes) is 3. The van der Waals surface area contributed by atoms with Gasteiger partial charge in [0.1, 0.15) is 17.3 Å². The topological polar surface area (TPSA) is 101 Å². The third-order valence-electron chi connectivity index (χ3n) is 4.34. The molecule has 0 saturated carbocycles. The highest BCUT2D eigenvalue weighted by molar-refractivity contribution is 7.86. The van der Waals surface area contributed by atoms with Crippen molar-refractivity contribution < 1.29 is 27.6 Å². The largest absolute Gasteiger partial charge is 0.489 e. The first-order valence-corrected chi connectivity index (χ1v) is 10.8. The molecule has 0 spiro atoms. The molecule has 152 valence electrons. The van der Waals surface area contributed by atoms with Crippen LogP contribution in [0.5, 0.6) is 5.75 Å². The van der Waals surface area contributed by atoms with Crippen molar-refractivity contribution in [3.05, 3.63) is 59.7 Å². The second-order valence-electron chi connectivity index (χ2n) is 6.65. The van der Waals surface area contributed by atoms with Crippen molar-refractivity contribution in [2.75, 3.05) is 6.61 Å². The molecule has 7 heteroatoms. The lowest BCUT2D eigenvalue weighted by Gasteiger charge is -2.15. The molecule has 0 heterocycles. The highest BCUT2D eigenvalue weighted by Gasteiger charge is 2.21. The lowest BCUT2D eigenvalue weighted by molar-refractivity contribution is 0.0957. The van der Waals surface area contributed by atoms with Gasteiger partial charge < -0.3 is 9.84 Å². The molecule has 1 unspecified atom stereocenters. The molecule has 0 aliphatic carbocycles. The molecule has 0 fully saturated rings. The number of rotatable bonds is 11. The minimum Gasteiger partial charge on any atom is -0.489 e. The van der Waals surface area contributed by atoms with Crippen LogP contribution in [0, 0.1) is 0 Å². The standard InChI is InChI=1S/C21H26O6S/c1-2-3-4-8-11-18(22)15-27-19-13-12-17(14-20(19)28(24,25)26)21(23)16-9-6-5-7-10-16/h5-7,9-10,12-14,18,22H,2-4,8,11,15H2,1H3,(H,24,25,26). The van der Waals surface area contributed by atoms with E-state index in [1.165, 1.54) is 12.1 Å². The minimum absolute atomic E-state index is 0.0966. The Morgan fingerprint density at radius 1 is 1.04 bits per heavy atom. The zero-order valence-corrected chi connectivity index (χ0v) is 16.7. The summed E-state index contributed by atoms with van der Waals surface area (Å²) in [5, 5.41) is 10.0. The molecule has 2 aromatic carbocycles. The summed E-state index contributed by atoms with van der Waals surface area (Å²) in [7, 11) is -4.60. The quantitative estimate of drug-likeness (QED) is 0.334. The van der Waals surface area contributed by atoms with Gasteiger partial charge >= 0.3 is 0 Å². The molecule has 0 aromatic heterocycles. The molecular formula is C21H26O6S. The lowest BCUT2D eigenvalue weighted by Crippen LogP contribution is -2.18. The van der Waals surface area contributed by atoms with E-state index in [1.54, 1.807) is 30.3 Å². The Kier molecular flexibility index (Phi) is 8.17. The fourth-order valence-corrected chi connectivity index (χ4v) is 3.46. The molecule has 28 heavy (non-hydrogen) atoms. The minimum atomic E-state index is -4.60. The van der Waals surface area contributed by atoms with E-state index in [2.05, 4.69) is 6.92 Å². The zero-order valence-electron chi connectivity index (χ0n) is 15.9. The molecule has 2 aromatic rings. The van der Waals surface area contributed by atoms with Crippen LogP contribution in [0.3, 0.4) is 0 Å². The predicted octanol–water partition coefficient (Wildman–Crippen LogP) is 3.87. The van der Waals surface area contributed by atoms with Crippen molar-refractivity contribution in [2.24, 2.45) is 0 Å². The number of hydrogen-bond donors (Lipinski definition) is 2. The molecule has 6 nitrogen and oxygen atoms in total. The Morgan fingerprint density at radius 2 is 1.75 bits per heavy atom. The van der Waals surface area contributed by atoms with Crippen LogP contribution in [0.25, 0.3) is 0 Å². The maximum Gasteiger partial charge on any atom is 0.298 e. The average Bonchev–Trinajstić information content (AvgIpc) is 2.69. The molecule has 0 radical (unpaired) electrons. The highest BCUT2D eigenvalue weighted by Crippen LogP contribution is 2.26. The van der Waals surface area contributed by atoms with Crippen molar-refractivity contribution in [1.29, 1.82) is 0 Å². The van der Waals surface area contributed by atoms with Gasteiger partial charge in [-0.15, -0.1) is 0 Å². The van der Waals surface area contributed by atoms with E-state index >= 15 is 0 Å². The molecule has 0 saturated heterocycles. The van der Waals surface area contributed by atoms with Crippen molar-refractivity contribution in [3.63, 3.8) is 0 Å². The summed E-state index contributed by atoms with van der Waals surface area (Å²) in [6, 6.07) is 12.3. The highest BCUT2D eigenvalue weighted by atomic mass is 32.2. The van der Waals surface area contributed by atoms with Crippen LogP contribution in [0.1, 0.15) is 54.9 Å². The molecule has 0 bridgehead atoms. The van der Waals surface area contributed by atoms with Gasteiger partial charge in [0.05, 0.1) is 6.10 Å². The second-order valence-corrected chi connectivity index (χ2v) is 8.04. The molecular weight excluding hydrogens is 380 g/mol. The van der Waals surface area contributed by atoms with Crippen LogP contribution >= 0.6 is 0 Å². The number of aliphatic hydroxyl groups excluding tert-OH is 1. The average molecular weight is 407 g/mol. The van der Waals surface area contributed by atoms with Gasteiger partial charge in [-0.2, -0.15) is 8.42 Å². The monoisotopic (exact) mass is 406 g/mol. The number of hydrogen-bond acceptors (Lipinski definition) is 5. The van der Waals surface area contributed by atoms with Crippen LogP contribution < -0.4 is 4.74 Å². The van der Waals surface area contributed by atoms with Gasteiger partial charge in [0, 0.05) is 11.1 Å². The molecule has 2 rings (SSSR count). The van der Waals surface area contributed by atoms with Crippen LogP contribution in [-0.2, 0) is 10.1 Å². The Hall–Kier alpha value is -2.22. The molecule has 0 amide bonds. The summed E-state index contributed by atoms with van der Waals surface area (Å²) in [5.74, 6) is -0.465. The van der Waals surface area contributed by atoms with Crippen molar-refractivity contribution in [1.82, 2.24) is 0 Å². The van der Waals surface area contributed by atoms with Crippen LogP contribution in [0.2, 0.25) is 0 Å². The van der Waals surface area contributed by atoms with E-state index in [0.717, 1.165) is 31.7 Å². The van der Waals surface area contributed by atoms with E-state index in [1.807, 2.05) is 0 Å². The maximum atomic E-state index is 12.5. The maximum absolute atomic E-state index is 12.5. The van der Waals surface area contributed by atoms with E-state index in [4.69, 9.17) is 4.74 Å². The van der Waals surface area contributed by atoms with Gasteiger partial charge in [0.15, 0.2) is 5.78 Å². The second kappa shape index (κ2) is 10.4. The van der Waals surface area contributed by atoms with Crippen LogP contribution in [0.4, 0.5) is 0 Å². The number of ketones is 1. The summed E-state index contributed by atoms with van der Waals surface area (Å²) < 4.78 is 38.5. The van der Waals surface area contributed by atoms with Gasteiger partial charge in [-0.05, 0) is 24.6 Å². The zero-order chi connectivity index (χ0) is 20.6. The summed E-state index contributed by atoms with van der Waals surface area (Å²) in [5.41, 5.74) is 0.520. The third-order valence-corrected chi connectivity index (χ3v) is 5.22. The number of benzene rings is 2. The summed E-state index contributed by atoms with van der Waals surface area (Å²) in [4.78, 5) is 12.0. The number of aliphatic hydroxyl groups is 1. The van der Waals surface area contributed by atoms with Gasteiger partial charge in [-0.3, -0.25) is 9.35 Å². The first kappa shape index (κ1) is 22.1. The fraction of sp³-hybridized carbons (Fsp3) is 0.381. The van der Waals surface area contributed by atoms with Crippen molar-refractivity contribution in [2.45, 2.75) is 50.0 Å². The molecule has 0 aliphatic heterocycles. The fourth-order valence-electron chi connectivity index (χ4n) is 2.80. The number of carbonyl (C=O) groups is 1.